The second kappa shape index (κ2) is 5.59. The van der Waals surface area contributed by atoms with Gasteiger partial charge in [-0.25, -0.2) is 4.98 Å². The first kappa shape index (κ1) is 14.9. The normalized spacial score (nSPS) is 33.9. The molecule has 3 heteroatoms. The Labute approximate surface area is 147 Å². The molecule has 6 rings (SSSR count). The number of nitrogens with zero attached hydrogens (tertiary/aromatic N) is 1. The third-order valence-corrected chi connectivity index (χ3v) is 7.48. The zero-order valence-electron chi connectivity index (χ0n) is 13.9. The van der Waals surface area contributed by atoms with E-state index in [9.17, 15) is 4.79 Å². The van der Waals surface area contributed by atoms with Crippen LogP contribution in [0.5, 0.6) is 0 Å². The predicted octanol–water partition coefficient (Wildman–Crippen LogP) is 5.11. The average molecular weight is 337 g/mol. The highest BCUT2D eigenvalue weighted by atomic mass is 32.2. The Morgan fingerprint density at radius 1 is 1.00 bits per heavy atom. The van der Waals surface area contributed by atoms with Gasteiger partial charge in [0, 0.05) is 10.8 Å². The summed E-state index contributed by atoms with van der Waals surface area (Å²) in [5.74, 6) is 3.61. The number of fused-ring (bicyclic) bond motifs is 1. The molecule has 24 heavy (non-hydrogen) atoms. The molecule has 2 aromatic rings. The Kier molecular flexibility index (Phi) is 3.48. The molecule has 4 saturated carbocycles. The van der Waals surface area contributed by atoms with E-state index in [2.05, 4.69) is 18.2 Å². The van der Waals surface area contributed by atoms with Crippen LogP contribution >= 0.6 is 11.8 Å². The van der Waals surface area contributed by atoms with E-state index in [0.29, 0.717) is 11.5 Å². The zero-order chi connectivity index (χ0) is 16.1. The molecule has 0 saturated heterocycles. The molecule has 0 atom stereocenters. The lowest BCUT2D eigenvalue weighted by atomic mass is 9.48. The Hall–Kier alpha value is -1.35. The van der Waals surface area contributed by atoms with Crippen molar-refractivity contribution in [3.05, 3.63) is 36.4 Å². The van der Waals surface area contributed by atoms with Crippen LogP contribution < -0.4 is 0 Å². The van der Waals surface area contributed by atoms with Gasteiger partial charge >= 0.3 is 0 Å². The number of rotatable bonds is 4. The highest BCUT2D eigenvalue weighted by molar-refractivity contribution is 7.99. The standard InChI is InChI=1S/C21H23NOS/c23-19(21-10-14-7-15(11-21)9-16(8-14)12-21)13-24-20-6-5-17-3-1-2-4-18(17)22-20/h1-6,14-16H,7-13H2. The molecule has 4 bridgehead atoms. The molecule has 1 heterocycles. The summed E-state index contributed by atoms with van der Waals surface area (Å²) in [6.07, 6.45) is 7.69. The lowest BCUT2D eigenvalue weighted by Crippen LogP contribution is -2.50. The number of para-hydroxylation sites is 1. The summed E-state index contributed by atoms with van der Waals surface area (Å²) in [6, 6.07) is 12.3. The lowest BCUT2D eigenvalue weighted by Gasteiger charge is -2.56. The summed E-state index contributed by atoms with van der Waals surface area (Å²) in [7, 11) is 0. The summed E-state index contributed by atoms with van der Waals surface area (Å²) < 4.78 is 0. The van der Waals surface area contributed by atoms with Crippen molar-refractivity contribution in [2.45, 2.75) is 43.6 Å². The van der Waals surface area contributed by atoms with Crippen LogP contribution in [0.4, 0.5) is 0 Å². The Bertz CT molecular complexity index is 764. The van der Waals surface area contributed by atoms with Crippen LogP contribution in [-0.4, -0.2) is 16.5 Å². The average Bonchev–Trinajstić information content (AvgIpc) is 2.58. The van der Waals surface area contributed by atoms with Gasteiger partial charge in [0.15, 0.2) is 0 Å². The molecule has 4 aliphatic rings. The topological polar surface area (TPSA) is 30.0 Å². The van der Waals surface area contributed by atoms with Crippen molar-refractivity contribution in [2.24, 2.45) is 23.2 Å². The number of pyridine rings is 1. The van der Waals surface area contributed by atoms with E-state index < -0.39 is 0 Å². The molecular weight excluding hydrogens is 314 g/mol. The van der Waals surface area contributed by atoms with Gasteiger partial charge in [0.1, 0.15) is 5.78 Å². The zero-order valence-corrected chi connectivity index (χ0v) is 14.7. The second-order valence-corrected chi connectivity index (χ2v) is 9.25. The summed E-state index contributed by atoms with van der Waals surface area (Å²) >= 11 is 1.63. The number of hydrogen-bond donors (Lipinski definition) is 0. The molecule has 4 fully saturated rings. The van der Waals surface area contributed by atoms with Crippen LogP contribution in [0.15, 0.2) is 41.4 Å². The molecule has 1 aromatic heterocycles. The van der Waals surface area contributed by atoms with E-state index >= 15 is 0 Å². The minimum absolute atomic E-state index is 0.0264. The summed E-state index contributed by atoms with van der Waals surface area (Å²) in [4.78, 5) is 17.8. The number of benzene rings is 1. The van der Waals surface area contributed by atoms with E-state index in [0.717, 1.165) is 33.7 Å². The van der Waals surface area contributed by atoms with Crippen LogP contribution in [-0.2, 0) is 4.79 Å². The van der Waals surface area contributed by atoms with Crippen molar-refractivity contribution < 1.29 is 4.79 Å². The molecule has 0 unspecified atom stereocenters. The number of carbonyl (C=O) groups excluding carboxylic acids is 1. The van der Waals surface area contributed by atoms with E-state index in [1.54, 1.807) is 11.8 Å². The predicted molar refractivity (Wildman–Crippen MR) is 98.1 cm³/mol. The van der Waals surface area contributed by atoms with Gasteiger partial charge in [-0.1, -0.05) is 36.0 Å². The Morgan fingerprint density at radius 3 is 2.38 bits per heavy atom. The SMILES string of the molecule is O=C(CSc1ccc2ccccc2n1)C12CC3CC(CC(C3)C1)C2. The van der Waals surface area contributed by atoms with E-state index in [1.807, 2.05) is 18.2 Å². The molecule has 124 valence electrons. The van der Waals surface area contributed by atoms with Crippen molar-refractivity contribution in [1.82, 2.24) is 4.98 Å². The maximum Gasteiger partial charge on any atom is 0.149 e. The minimum Gasteiger partial charge on any atom is -0.298 e. The van der Waals surface area contributed by atoms with Gasteiger partial charge in [-0.2, -0.15) is 0 Å². The molecule has 0 spiro atoms. The number of carbonyl (C=O) groups is 1. The van der Waals surface area contributed by atoms with Gasteiger partial charge in [0.25, 0.3) is 0 Å². The minimum atomic E-state index is 0.0264. The van der Waals surface area contributed by atoms with Crippen LogP contribution in [0.1, 0.15) is 38.5 Å². The largest absolute Gasteiger partial charge is 0.298 e. The number of aromatic nitrogens is 1. The Morgan fingerprint density at radius 2 is 1.67 bits per heavy atom. The number of hydrogen-bond acceptors (Lipinski definition) is 3. The molecule has 2 nitrogen and oxygen atoms in total. The van der Waals surface area contributed by atoms with Crippen molar-refractivity contribution in [3.63, 3.8) is 0 Å². The first-order chi connectivity index (χ1) is 11.7. The van der Waals surface area contributed by atoms with Crippen molar-refractivity contribution in [1.29, 1.82) is 0 Å². The van der Waals surface area contributed by atoms with E-state index in [4.69, 9.17) is 4.98 Å². The van der Waals surface area contributed by atoms with Gasteiger partial charge in [-0.15, -0.1) is 0 Å². The first-order valence-electron chi connectivity index (χ1n) is 9.22. The summed E-state index contributed by atoms with van der Waals surface area (Å²) in [5, 5.41) is 2.14. The maximum atomic E-state index is 13.1. The molecule has 0 amide bonds. The van der Waals surface area contributed by atoms with Crippen LogP contribution in [0, 0.1) is 23.2 Å². The van der Waals surface area contributed by atoms with Crippen molar-refractivity contribution >= 4 is 28.4 Å². The van der Waals surface area contributed by atoms with E-state index in [-0.39, 0.29) is 5.41 Å². The molecule has 0 aliphatic heterocycles. The molecule has 0 radical (unpaired) electrons. The highest BCUT2D eigenvalue weighted by Crippen LogP contribution is 2.60. The number of thioether (sulfide) groups is 1. The van der Waals surface area contributed by atoms with Gasteiger partial charge in [0.05, 0.1) is 16.3 Å². The highest BCUT2D eigenvalue weighted by Gasteiger charge is 2.53. The van der Waals surface area contributed by atoms with Crippen molar-refractivity contribution in [2.75, 3.05) is 5.75 Å². The van der Waals surface area contributed by atoms with Gasteiger partial charge in [0.2, 0.25) is 0 Å². The smallest absolute Gasteiger partial charge is 0.149 e. The third kappa shape index (κ3) is 2.48. The van der Waals surface area contributed by atoms with Gasteiger partial charge in [-0.05, 0) is 68.4 Å². The quantitative estimate of drug-likeness (QED) is 0.726. The fraction of sp³-hybridized carbons (Fsp3) is 0.524. The maximum absolute atomic E-state index is 13.1. The van der Waals surface area contributed by atoms with E-state index in [1.165, 1.54) is 38.5 Å². The molecular formula is C21H23NOS. The molecule has 1 aromatic carbocycles. The number of Topliss-reactive ketones (excluding diaryl/α,β-unsaturated/α-hetero) is 1. The first-order valence-corrected chi connectivity index (χ1v) is 10.2. The van der Waals surface area contributed by atoms with Crippen LogP contribution in [0.25, 0.3) is 10.9 Å². The summed E-state index contributed by atoms with van der Waals surface area (Å²) in [5.41, 5.74) is 1.04. The number of ketones is 1. The molecule has 0 N–H and O–H groups in total. The second-order valence-electron chi connectivity index (χ2n) is 8.25. The fourth-order valence-corrected chi connectivity index (χ4v) is 6.78. The van der Waals surface area contributed by atoms with Gasteiger partial charge < -0.3 is 0 Å². The van der Waals surface area contributed by atoms with Crippen LogP contribution in [0.2, 0.25) is 0 Å². The third-order valence-electron chi connectivity index (χ3n) is 6.55. The lowest BCUT2D eigenvalue weighted by molar-refractivity contribution is -0.141. The Balaban J connectivity index is 1.31. The molecule has 4 aliphatic carbocycles. The van der Waals surface area contributed by atoms with Crippen LogP contribution in [0.3, 0.4) is 0 Å². The monoisotopic (exact) mass is 337 g/mol. The van der Waals surface area contributed by atoms with Gasteiger partial charge in [-0.3, -0.25) is 4.79 Å². The summed E-state index contributed by atoms with van der Waals surface area (Å²) in [6.45, 7) is 0. The van der Waals surface area contributed by atoms with Crippen molar-refractivity contribution in [3.8, 4) is 0 Å². The fourth-order valence-electron chi connectivity index (χ4n) is 5.87.